The zero-order valence-electron chi connectivity index (χ0n) is 18.4. The lowest BCUT2D eigenvalue weighted by Gasteiger charge is -2.25. The molecule has 0 aliphatic carbocycles. The molecule has 30 heavy (non-hydrogen) atoms. The van der Waals surface area contributed by atoms with E-state index in [0.717, 1.165) is 33.4 Å². The van der Waals surface area contributed by atoms with Crippen molar-refractivity contribution in [1.82, 2.24) is 0 Å². The predicted octanol–water partition coefficient (Wildman–Crippen LogP) is 4.28. The molecule has 2 aromatic carbocycles. The molecule has 0 fully saturated rings. The Morgan fingerprint density at radius 1 is 0.633 bits per heavy atom. The third-order valence-corrected chi connectivity index (χ3v) is 5.99. The number of hydrogen-bond acceptors (Lipinski definition) is 5. The molecule has 162 valence electrons. The first kappa shape index (κ1) is 23.7. The largest absolute Gasteiger partial charge is 0.509 e. The second-order valence-corrected chi connectivity index (χ2v) is 7.90. The van der Waals surface area contributed by atoms with Crippen molar-refractivity contribution in [1.29, 1.82) is 0 Å². The molecule has 0 amide bonds. The molecular weight excluding hydrogens is 380 g/mol. The van der Waals surface area contributed by atoms with Gasteiger partial charge in [0.2, 0.25) is 0 Å². The zero-order valence-corrected chi connectivity index (χ0v) is 18.4. The van der Waals surface area contributed by atoms with Crippen molar-refractivity contribution in [3.8, 4) is 0 Å². The van der Waals surface area contributed by atoms with Crippen molar-refractivity contribution in [3.63, 3.8) is 0 Å². The van der Waals surface area contributed by atoms with Crippen LogP contribution in [0.4, 0.5) is 0 Å². The molecule has 0 radical (unpaired) electrons. The van der Waals surface area contributed by atoms with Crippen molar-refractivity contribution >= 4 is 11.1 Å². The predicted molar refractivity (Wildman–Crippen MR) is 120 cm³/mol. The van der Waals surface area contributed by atoms with Crippen LogP contribution >= 0.6 is 0 Å². The van der Waals surface area contributed by atoms with E-state index < -0.39 is 29.8 Å². The van der Waals surface area contributed by atoms with E-state index in [1.165, 1.54) is 0 Å². The van der Waals surface area contributed by atoms with E-state index in [-0.39, 0.29) is 0 Å². The van der Waals surface area contributed by atoms with E-state index in [1.54, 1.807) is 13.8 Å². The lowest BCUT2D eigenvalue weighted by Crippen LogP contribution is -2.40. The Morgan fingerprint density at radius 2 is 0.967 bits per heavy atom. The minimum Gasteiger partial charge on any atom is -0.509 e. The van der Waals surface area contributed by atoms with E-state index >= 15 is 0 Å². The summed E-state index contributed by atoms with van der Waals surface area (Å²) in [7, 11) is 0. The van der Waals surface area contributed by atoms with Crippen LogP contribution in [0.15, 0.2) is 47.9 Å². The third kappa shape index (κ3) is 4.59. The zero-order chi connectivity index (χ0) is 22.7. The highest BCUT2D eigenvalue weighted by atomic mass is 16.4. The second-order valence-electron chi connectivity index (χ2n) is 7.90. The summed E-state index contributed by atoms with van der Waals surface area (Å²) in [5.74, 6) is -0.903. The molecule has 0 saturated heterocycles. The van der Waals surface area contributed by atoms with Gasteiger partial charge in [0, 0.05) is 0 Å². The Labute approximate surface area is 178 Å². The van der Waals surface area contributed by atoms with Crippen LogP contribution in [-0.4, -0.2) is 43.8 Å². The lowest BCUT2D eigenvalue weighted by molar-refractivity contribution is -0.0546. The van der Waals surface area contributed by atoms with Gasteiger partial charge in [-0.2, -0.15) is 0 Å². The number of aliphatic hydroxyl groups excluding tert-OH is 5. The number of benzene rings is 2. The van der Waals surface area contributed by atoms with Crippen LogP contribution in [0.5, 0.6) is 0 Å². The molecule has 0 aliphatic rings. The van der Waals surface area contributed by atoms with Crippen molar-refractivity contribution in [2.75, 3.05) is 0 Å². The molecule has 0 saturated carbocycles. The van der Waals surface area contributed by atoms with Gasteiger partial charge in [0.25, 0.3) is 0 Å². The van der Waals surface area contributed by atoms with Gasteiger partial charge in [-0.15, -0.1) is 0 Å². The number of rotatable bonds is 6. The SMILES string of the molecule is CC(=C(O)[C@@H](O)C(O)[C@@H](O)C(O)=C(C)c1cccc(C)c1C)c1cccc(C)c1C. The molecule has 5 N–H and O–H groups in total. The molecule has 3 atom stereocenters. The monoisotopic (exact) mass is 412 g/mol. The van der Waals surface area contributed by atoms with Crippen molar-refractivity contribution in [2.24, 2.45) is 0 Å². The Morgan fingerprint density at radius 3 is 1.30 bits per heavy atom. The highest BCUT2D eigenvalue weighted by Crippen LogP contribution is 2.28. The van der Waals surface area contributed by atoms with Crippen LogP contribution in [0.3, 0.4) is 0 Å². The molecule has 0 heterocycles. The first-order chi connectivity index (χ1) is 14.0. The van der Waals surface area contributed by atoms with Gasteiger partial charge in [-0.05, 0) is 86.1 Å². The summed E-state index contributed by atoms with van der Waals surface area (Å²) in [6.45, 7) is 11.0. The molecule has 0 spiro atoms. The van der Waals surface area contributed by atoms with E-state index in [1.807, 2.05) is 64.1 Å². The number of aryl methyl sites for hydroxylation is 2. The van der Waals surface area contributed by atoms with Crippen LogP contribution < -0.4 is 0 Å². The second kappa shape index (κ2) is 9.47. The first-order valence-corrected chi connectivity index (χ1v) is 9.95. The normalized spacial score (nSPS) is 16.4. The molecule has 0 aromatic heterocycles. The van der Waals surface area contributed by atoms with Gasteiger partial charge in [0.15, 0.2) is 0 Å². The summed E-state index contributed by atoms with van der Waals surface area (Å²) >= 11 is 0. The third-order valence-electron chi connectivity index (χ3n) is 5.99. The number of allylic oxidation sites excluding steroid dienone is 2. The minimum absolute atomic E-state index is 0.393. The fraction of sp³-hybridized carbons (Fsp3) is 0.360. The maximum Gasteiger partial charge on any atom is 0.140 e. The molecule has 1 unspecified atom stereocenters. The first-order valence-electron chi connectivity index (χ1n) is 9.95. The summed E-state index contributed by atoms with van der Waals surface area (Å²) in [4.78, 5) is 0. The summed E-state index contributed by atoms with van der Waals surface area (Å²) in [6, 6.07) is 11.2. The smallest absolute Gasteiger partial charge is 0.140 e. The average molecular weight is 413 g/mol. The van der Waals surface area contributed by atoms with Gasteiger partial charge in [-0.25, -0.2) is 0 Å². The molecule has 0 bridgehead atoms. The van der Waals surface area contributed by atoms with Crippen LogP contribution in [-0.2, 0) is 0 Å². The molecule has 5 nitrogen and oxygen atoms in total. The van der Waals surface area contributed by atoms with Crippen LogP contribution in [0.1, 0.15) is 47.2 Å². The molecule has 2 aromatic rings. The Bertz CT molecular complexity index is 908. The standard InChI is InChI=1S/C25H32O5/c1-13-9-7-11-19(15(13)3)17(5)21(26)23(28)25(30)24(29)22(27)18(6)20-12-8-10-14(2)16(20)4/h7-12,23-30H,1-6H3/t23-,24+,25?. The molecular formula is C25H32O5. The Kier molecular flexibility index (Phi) is 7.48. The van der Waals surface area contributed by atoms with Crippen LogP contribution in [0.2, 0.25) is 0 Å². The van der Waals surface area contributed by atoms with Gasteiger partial charge in [0.1, 0.15) is 29.8 Å². The summed E-state index contributed by atoms with van der Waals surface area (Å²) in [5, 5.41) is 52.6. The van der Waals surface area contributed by atoms with E-state index in [2.05, 4.69) is 0 Å². The van der Waals surface area contributed by atoms with Gasteiger partial charge >= 0.3 is 0 Å². The van der Waals surface area contributed by atoms with Gasteiger partial charge in [0.05, 0.1) is 0 Å². The minimum atomic E-state index is -1.81. The lowest BCUT2D eigenvalue weighted by atomic mass is 9.92. The van der Waals surface area contributed by atoms with Gasteiger partial charge < -0.3 is 25.5 Å². The number of hydrogen-bond donors (Lipinski definition) is 5. The highest BCUT2D eigenvalue weighted by molar-refractivity contribution is 5.71. The molecule has 0 aliphatic heterocycles. The van der Waals surface area contributed by atoms with Crippen LogP contribution in [0.25, 0.3) is 11.1 Å². The van der Waals surface area contributed by atoms with Crippen molar-refractivity contribution < 1.29 is 25.5 Å². The highest BCUT2D eigenvalue weighted by Gasteiger charge is 2.32. The van der Waals surface area contributed by atoms with Gasteiger partial charge in [-0.1, -0.05) is 36.4 Å². The van der Waals surface area contributed by atoms with E-state index in [9.17, 15) is 25.5 Å². The quantitative estimate of drug-likeness (QED) is 0.456. The Hall–Kier alpha value is -2.60. The topological polar surface area (TPSA) is 101 Å². The summed E-state index contributed by atoms with van der Waals surface area (Å²) in [6.07, 6.45) is -5.35. The van der Waals surface area contributed by atoms with Crippen molar-refractivity contribution in [2.45, 2.75) is 59.9 Å². The van der Waals surface area contributed by atoms with E-state index in [4.69, 9.17) is 0 Å². The summed E-state index contributed by atoms with van der Waals surface area (Å²) < 4.78 is 0. The Balaban J connectivity index is 2.37. The van der Waals surface area contributed by atoms with Gasteiger partial charge in [-0.3, -0.25) is 0 Å². The molecule has 5 heteroatoms. The fourth-order valence-corrected chi connectivity index (χ4v) is 3.53. The summed E-state index contributed by atoms with van der Waals surface area (Å²) in [5.41, 5.74) is 6.20. The average Bonchev–Trinajstić information content (AvgIpc) is 2.73. The number of aliphatic hydroxyl groups is 5. The fourth-order valence-electron chi connectivity index (χ4n) is 3.53. The maximum absolute atomic E-state index is 10.6. The molecule has 2 rings (SSSR count). The maximum atomic E-state index is 10.6. The van der Waals surface area contributed by atoms with E-state index in [0.29, 0.717) is 11.1 Å². The van der Waals surface area contributed by atoms with Crippen LogP contribution in [0, 0.1) is 27.7 Å². The van der Waals surface area contributed by atoms with Crippen molar-refractivity contribution in [3.05, 3.63) is 81.3 Å².